The fraction of sp³-hybridized carbons (Fsp3) is 0.556. The lowest BCUT2D eigenvalue weighted by Crippen LogP contribution is -2.32. The number of carbonyl (C=O) groups is 1. The van der Waals surface area contributed by atoms with Crippen LogP contribution in [-0.4, -0.2) is 12.5 Å². The Morgan fingerprint density at radius 3 is 2.58 bits per heavy atom. The largest absolute Gasteiger partial charge is 0.344 e. The van der Waals surface area contributed by atoms with E-state index in [1.54, 1.807) is 20.8 Å². The van der Waals surface area contributed by atoms with Gasteiger partial charge in [-0.15, -0.1) is 0 Å². The van der Waals surface area contributed by atoms with Crippen LogP contribution in [0.5, 0.6) is 0 Å². The molecule has 0 saturated carbocycles. The predicted molar refractivity (Wildman–Crippen MR) is 45.9 cm³/mol. The van der Waals surface area contributed by atoms with Crippen molar-refractivity contribution in [2.24, 2.45) is 5.41 Å². The molecule has 0 atom stereocenters. The zero-order valence-corrected chi connectivity index (χ0v) is 7.56. The molecule has 0 aliphatic rings. The first-order chi connectivity index (χ1) is 5.52. The lowest BCUT2D eigenvalue weighted by molar-refractivity contribution is -0.115. The van der Waals surface area contributed by atoms with Crippen molar-refractivity contribution in [2.75, 3.05) is 6.54 Å². The summed E-state index contributed by atoms with van der Waals surface area (Å²) in [5.41, 5.74) is -0.523. The monoisotopic (exact) mass is 164 g/mol. The Hall–Kier alpha value is -1.48. The molecule has 3 heteroatoms. The van der Waals surface area contributed by atoms with Gasteiger partial charge >= 0.3 is 0 Å². The van der Waals surface area contributed by atoms with Gasteiger partial charge < -0.3 is 5.32 Å². The first-order valence-corrected chi connectivity index (χ1v) is 3.63. The molecule has 0 aliphatic carbocycles. The summed E-state index contributed by atoms with van der Waals surface area (Å²) in [6, 6.07) is 2.08. The van der Waals surface area contributed by atoms with Crippen molar-refractivity contribution in [1.82, 2.24) is 5.32 Å². The molecule has 12 heavy (non-hydrogen) atoms. The number of rotatable bonds is 2. The molecule has 0 bridgehead atoms. The van der Waals surface area contributed by atoms with E-state index in [1.165, 1.54) is 0 Å². The van der Waals surface area contributed by atoms with Crippen molar-refractivity contribution in [3.05, 3.63) is 0 Å². The molecule has 0 heterocycles. The number of nitrogens with zero attached hydrogens (tertiary/aromatic N) is 1. The minimum Gasteiger partial charge on any atom is -0.344 e. The standard InChI is InChI=1S/C9H12N2O/c1-4-5-8(12)11-7-9(2,3)6-10/h7H2,1-3H3,(H,11,12). The van der Waals surface area contributed by atoms with Gasteiger partial charge in [0.2, 0.25) is 0 Å². The van der Waals surface area contributed by atoms with Crippen molar-refractivity contribution in [1.29, 1.82) is 5.26 Å². The van der Waals surface area contributed by atoms with Crippen molar-refractivity contribution in [3.8, 4) is 17.9 Å². The van der Waals surface area contributed by atoms with E-state index in [9.17, 15) is 4.79 Å². The van der Waals surface area contributed by atoms with Gasteiger partial charge in [-0.1, -0.05) is 5.92 Å². The summed E-state index contributed by atoms with van der Waals surface area (Å²) in [5.74, 6) is 4.48. The maximum atomic E-state index is 10.8. The Labute approximate surface area is 72.8 Å². The molecule has 0 aliphatic heterocycles. The molecule has 0 fully saturated rings. The van der Waals surface area contributed by atoms with E-state index in [0.717, 1.165) is 0 Å². The molecule has 1 N–H and O–H groups in total. The minimum atomic E-state index is -0.523. The molecule has 0 aromatic rings. The fourth-order valence-electron chi connectivity index (χ4n) is 0.499. The van der Waals surface area contributed by atoms with Crippen LogP contribution in [0.4, 0.5) is 0 Å². The van der Waals surface area contributed by atoms with Crippen molar-refractivity contribution in [3.63, 3.8) is 0 Å². The SMILES string of the molecule is CC#CC(=O)NCC(C)(C)C#N. The van der Waals surface area contributed by atoms with E-state index >= 15 is 0 Å². The predicted octanol–water partition coefficient (Wildman–Crippen LogP) is 0.676. The summed E-state index contributed by atoms with van der Waals surface area (Å²) in [6.07, 6.45) is 0. The third-order valence-electron chi connectivity index (χ3n) is 1.23. The van der Waals surface area contributed by atoms with E-state index in [4.69, 9.17) is 5.26 Å². The first-order valence-electron chi connectivity index (χ1n) is 3.63. The number of nitriles is 1. The van der Waals surface area contributed by atoms with E-state index in [2.05, 4.69) is 23.2 Å². The quantitative estimate of drug-likeness (QED) is 0.610. The molecule has 0 spiro atoms. The maximum absolute atomic E-state index is 10.8. The van der Waals surface area contributed by atoms with Crippen LogP contribution in [0.25, 0.3) is 0 Å². The van der Waals surface area contributed by atoms with Crippen LogP contribution >= 0.6 is 0 Å². The van der Waals surface area contributed by atoms with Gasteiger partial charge in [0.05, 0.1) is 11.5 Å². The van der Waals surface area contributed by atoms with Crippen molar-refractivity contribution < 1.29 is 4.79 Å². The molecule has 0 unspecified atom stereocenters. The van der Waals surface area contributed by atoms with Gasteiger partial charge in [-0.2, -0.15) is 5.26 Å². The summed E-state index contributed by atoms with van der Waals surface area (Å²) >= 11 is 0. The van der Waals surface area contributed by atoms with Gasteiger partial charge in [-0.3, -0.25) is 4.79 Å². The minimum absolute atomic E-state index is 0.330. The molecule has 0 aromatic carbocycles. The number of amides is 1. The molecule has 64 valence electrons. The van der Waals surface area contributed by atoms with Gasteiger partial charge in [0.1, 0.15) is 0 Å². The lowest BCUT2D eigenvalue weighted by atomic mass is 9.96. The molecule has 3 nitrogen and oxygen atoms in total. The van der Waals surface area contributed by atoms with Crippen molar-refractivity contribution in [2.45, 2.75) is 20.8 Å². The Morgan fingerprint density at radius 2 is 2.17 bits per heavy atom. The van der Waals surface area contributed by atoms with Crippen LogP contribution in [-0.2, 0) is 4.79 Å². The summed E-state index contributed by atoms with van der Waals surface area (Å²) in [5, 5.41) is 11.1. The van der Waals surface area contributed by atoms with Gasteiger partial charge in [0, 0.05) is 6.54 Å². The molecular formula is C9H12N2O. The van der Waals surface area contributed by atoms with Gasteiger partial charge in [-0.25, -0.2) is 0 Å². The molecule has 0 aromatic heterocycles. The highest BCUT2D eigenvalue weighted by Gasteiger charge is 2.16. The third kappa shape index (κ3) is 4.35. The zero-order valence-electron chi connectivity index (χ0n) is 7.56. The second-order valence-corrected chi connectivity index (χ2v) is 3.05. The number of carbonyl (C=O) groups excluding carboxylic acids is 1. The number of hydrogen-bond donors (Lipinski definition) is 1. The van der Waals surface area contributed by atoms with Crippen LogP contribution in [0.1, 0.15) is 20.8 Å². The summed E-state index contributed by atoms with van der Waals surface area (Å²) in [7, 11) is 0. The molecular weight excluding hydrogens is 152 g/mol. The van der Waals surface area contributed by atoms with Crippen LogP contribution in [0.3, 0.4) is 0 Å². The molecule has 0 radical (unpaired) electrons. The average Bonchev–Trinajstić information content (AvgIpc) is 2.02. The molecule has 0 rings (SSSR count). The average molecular weight is 164 g/mol. The fourth-order valence-corrected chi connectivity index (χ4v) is 0.499. The second-order valence-electron chi connectivity index (χ2n) is 3.05. The topological polar surface area (TPSA) is 52.9 Å². The Balaban J connectivity index is 3.91. The van der Waals surface area contributed by atoms with Gasteiger partial charge in [-0.05, 0) is 26.7 Å². The number of nitrogens with one attached hydrogen (secondary N) is 1. The Bertz CT molecular complexity index is 262. The van der Waals surface area contributed by atoms with Gasteiger partial charge in [0.25, 0.3) is 5.91 Å². The van der Waals surface area contributed by atoms with Crippen molar-refractivity contribution >= 4 is 5.91 Å². The van der Waals surface area contributed by atoms with E-state index in [1.807, 2.05) is 0 Å². The van der Waals surface area contributed by atoms with Gasteiger partial charge in [0.15, 0.2) is 0 Å². The highest BCUT2D eigenvalue weighted by Crippen LogP contribution is 2.09. The van der Waals surface area contributed by atoms with Crippen LogP contribution < -0.4 is 5.32 Å². The Morgan fingerprint density at radius 1 is 1.58 bits per heavy atom. The van der Waals surface area contributed by atoms with Crippen LogP contribution in [0.15, 0.2) is 0 Å². The summed E-state index contributed by atoms with van der Waals surface area (Å²) < 4.78 is 0. The highest BCUT2D eigenvalue weighted by atomic mass is 16.1. The third-order valence-corrected chi connectivity index (χ3v) is 1.23. The number of hydrogen-bond acceptors (Lipinski definition) is 2. The van der Waals surface area contributed by atoms with E-state index < -0.39 is 5.41 Å². The second kappa shape index (κ2) is 4.41. The zero-order chi connectivity index (χ0) is 9.61. The first kappa shape index (κ1) is 10.5. The summed E-state index contributed by atoms with van der Waals surface area (Å²) in [6.45, 7) is 5.44. The van der Waals surface area contributed by atoms with E-state index in [-0.39, 0.29) is 5.91 Å². The lowest BCUT2D eigenvalue weighted by Gasteiger charge is -2.13. The highest BCUT2D eigenvalue weighted by molar-refractivity contribution is 5.93. The molecule has 1 amide bonds. The van der Waals surface area contributed by atoms with Crippen LogP contribution in [0.2, 0.25) is 0 Å². The Kier molecular flexibility index (Phi) is 3.86. The molecule has 0 saturated heterocycles. The maximum Gasteiger partial charge on any atom is 0.295 e. The van der Waals surface area contributed by atoms with E-state index in [0.29, 0.717) is 6.54 Å². The smallest absolute Gasteiger partial charge is 0.295 e. The van der Waals surface area contributed by atoms with Crippen LogP contribution in [0, 0.1) is 28.6 Å². The summed E-state index contributed by atoms with van der Waals surface area (Å²) in [4.78, 5) is 10.8. The normalized spacial score (nSPS) is 9.17.